The third kappa shape index (κ3) is 2.38. The van der Waals surface area contributed by atoms with Gasteiger partial charge in [0.15, 0.2) is 0 Å². The Bertz CT molecular complexity index is 394. The Kier molecular flexibility index (Phi) is 2.93. The fraction of sp³-hybridized carbons (Fsp3) is 0.600. The smallest absolute Gasteiger partial charge is 0.0281 e. The highest BCUT2D eigenvalue weighted by atomic mass is 15.2. The molecule has 2 heteroatoms. The van der Waals surface area contributed by atoms with Crippen molar-refractivity contribution >= 4 is 0 Å². The minimum atomic E-state index is 0.353. The molecule has 1 aromatic carbocycles. The Morgan fingerprint density at radius 3 is 2.88 bits per heavy atom. The van der Waals surface area contributed by atoms with E-state index in [0.29, 0.717) is 5.54 Å². The van der Waals surface area contributed by atoms with Crippen LogP contribution >= 0.6 is 0 Å². The fourth-order valence-electron chi connectivity index (χ4n) is 3.27. The van der Waals surface area contributed by atoms with E-state index in [9.17, 15) is 0 Å². The van der Waals surface area contributed by atoms with Gasteiger partial charge < -0.3 is 5.32 Å². The second kappa shape index (κ2) is 4.43. The van der Waals surface area contributed by atoms with Gasteiger partial charge in [0.25, 0.3) is 0 Å². The average molecular weight is 230 g/mol. The summed E-state index contributed by atoms with van der Waals surface area (Å²) in [6.45, 7) is 7.12. The molecule has 2 heterocycles. The van der Waals surface area contributed by atoms with Crippen LogP contribution in [0.4, 0.5) is 0 Å². The van der Waals surface area contributed by atoms with Crippen molar-refractivity contribution in [2.75, 3.05) is 19.6 Å². The van der Waals surface area contributed by atoms with Crippen molar-refractivity contribution in [2.45, 2.75) is 38.3 Å². The van der Waals surface area contributed by atoms with Gasteiger partial charge in [-0.05, 0) is 43.9 Å². The molecule has 0 aliphatic carbocycles. The van der Waals surface area contributed by atoms with Crippen LogP contribution in [-0.2, 0) is 13.0 Å². The van der Waals surface area contributed by atoms with Crippen molar-refractivity contribution in [1.82, 2.24) is 10.2 Å². The van der Waals surface area contributed by atoms with E-state index in [-0.39, 0.29) is 0 Å². The lowest BCUT2D eigenvalue weighted by Crippen LogP contribution is -2.48. The van der Waals surface area contributed by atoms with E-state index in [1.165, 1.54) is 44.5 Å². The van der Waals surface area contributed by atoms with Gasteiger partial charge in [0.1, 0.15) is 0 Å². The van der Waals surface area contributed by atoms with E-state index in [0.717, 1.165) is 6.54 Å². The lowest BCUT2D eigenvalue weighted by Gasteiger charge is -2.35. The summed E-state index contributed by atoms with van der Waals surface area (Å²) < 4.78 is 0. The quantitative estimate of drug-likeness (QED) is 0.838. The number of nitrogens with one attached hydrogen (secondary N) is 1. The predicted octanol–water partition coefficient (Wildman–Crippen LogP) is 2.19. The molecule has 0 bridgehead atoms. The number of hydrogen-bond acceptors (Lipinski definition) is 2. The summed E-state index contributed by atoms with van der Waals surface area (Å²) in [6, 6.07) is 8.89. The van der Waals surface area contributed by atoms with Crippen LogP contribution in [0.1, 0.15) is 30.9 Å². The van der Waals surface area contributed by atoms with E-state index in [4.69, 9.17) is 0 Å². The molecule has 0 amide bonds. The van der Waals surface area contributed by atoms with Gasteiger partial charge in [0.05, 0.1) is 0 Å². The molecule has 17 heavy (non-hydrogen) atoms. The average Bonchev–Trinajstić information content (AvgIpc) is 2.76. The van der Waals surface area contributed by atoms with Gasteiger partial charge >= 0.3 is 0 Å². The summed E-state index contributed by atoms with van der Waals surface area (Å²) in [5, 5.41) is 3.66. The van der Waals surface area contributed by atoms with Crippen molar-refractivity contribution in [3.8, 4) is 0 Å². The summed E-state index contributed by atoms with van der Waals surface area (Å²) in [4.78, 5) is 2.61. The maximum atomic E-state index is 3.66. The highest BCUT2D eigenvalue weighted by Crippen LogP contribution is 2.24. The van der Waals surface area contributed by atoms with Crippen molar-refractivity contribution in [3.05, 3.63) is 35.4 Å². The molecule has 0 spiro atoms. The van der Waals surface area contributed by atoms with Gasteiger partial charge in [0, 0.05) is 25.2 Å². The summed E-state index contributed by atoms with van der Waals surface area (Å²) in [7, 11) is 0. The lowest BCUT2D eigenvalue weighted by atomic mass is 9.95. The van der Waals surface area contributed by atoms with Gasteiger partial charge in [-0.2, -0.15) is 0 Å². The van der Waals surface area contributed by atoms with Crippen LogP contribution in [0.5, 0.6) is 0 Å². The predicted molar refractivity (Wildman–Crippen MR) is 71.1 cm³/mol. The summed E-state index contributed by atoms with van der Waals surface area (Å²) in [5.74, 6) is 0. The molecular formula is C15H22N2. The molecule has 1 N–H and O–H groups in total. The van der Waals surface area contributed by atoms with Crippen LogP contribution in [0.2, 0.25) is 0 Å². The molecule has 2 aliphatic heterocycles. The Morgan fingerprint density at radius 2 is 2.12 bits per heavy atom. The molecule has 1 saturated heterocycles. The molecule has 2 aliphatic rings. The topological polar surface area (TPSA) is 15.3 Å². The third-order valence-electron chi connectivity index (χ3n) is 4.24. The molecule has 0 aromatic heterocycles. The SMILES string of the molecule is CC1(CN2CCc3ccccc3C2)CCCN1. The second-order valence-electron chi connectivity index (χ2n) is 5.82. The molecule has 0 saturated carbocycles. The Hall–Kier alpha value is -0.860. The summed E-state index contributed by atoms with van der Waals surface area (Å²) >= 11 is 0. The molecule has 3 rings (SSSR count). The van der Waals surface area contributed by atoms with Gasteiger partial charge in [-0.25, -0.2) is 0 Å². The maximum Gasteiger partial charge on any atom is 0.0281 e. The fourth-order valence-corrected chi connectivity index (χ4v) is 3.27. The molecule has 0 radical (unpaired) electrons. The first-order valence-electron chi connectivity index (χ1n) is 6.79. The first-order chi connectivity index (χ1) is 8.25. The number of fused-ring (bicyclic) bond motifs is 1. The molecule has 1 aromatic rings. The normalized spacial score (nSPS) is 29.2. The molecule has 92 valence electrons. The van der Waals surface area contributed by atoms with Gasteiger partial charge in [-0.1, -0.05) is 24.3 Å². The molecule has 2 nitrogen and oxygen atoms in total. The van der Waals surface area contributed by atoms with Crippen molar-refractivity contribution in [2.24, 2.45) is 0 Å². The van der Waals surface area contributed by atoms with Gasteiger partial charge in [-0.15, -0.1) is 0 Å². The van der Waals surface area contributed by atoms with Crippen LogP contribution in [0, 0.1) is 0 Å². The number of benzene rings is 1. The van der Waals surface area contributed by atoms with Crippen molar-refractivity contribution in [1.29, 1.82) is 0 Å². The minimum absolute atomic E-state index is 0.353. The zero-order valence-corrected chi connectivity index (χ0v) is 10.7. The number of hydrogen-bond donors (Lipinski definition) is 1. The minimum Gasteiger partial charge on any atom is -0.310 e. The van der Waals surface area contributed by atoms with E-state index >= 15 is 0 Å². The second-order valence-corrected chi connectivity index (χ2v) is 5.82. The van der Waals surface area contributed by atoms with E-state index in [2.05, 4.69) is 41.4 Å². The van der Waals surface area contributed by atoms with E-state index < -0.39 is 0 Å². The van der Waals surface area contributed by atoms with Crippen LogP contribution < -0.4 is 5.32 Å². The maximum absolute atomic E-state index is 3.66. The largest absolute Gasteiger partial charge is 0.310 e. The number of nitrogens with zero attached hydrogens (tertiary/aromatic N) is 1. The zero-order valence-electron chi connectivity index (χ0n) is 10.7. The first kappa shape index (κ1) is 11.2. The number of rotatable bonds is 2. The lowest BCUT2D eigenvalue weighted by molar-refractivity contribution is 0.188. The van der Waals surface area contributed by atoms with Gasteiger partial charge in [-0.3, -0.25) is 4.90 Å². The summed E-state index contributed by atoms with van der Waals surface area (Å²) in [6.07, 6.45) is 3.87. The Balaban J connectivity index is 1.68. The van der Waals surface area contributed by atoms with Crippen LogP contribution in [0.3, 0.4) is 0 Å². The van der Waals surface area contributed by atoms with Crippen LogP contribution in [0.25, 0.3) is 0 Å². The monoisotopic (exact) mass is 230 g/mol. The summed E-state index contributed by atoms with van der Waals surface area (Å²) in [5.41, 5.74) is 3.43. The first-order valence-corrected chi connectivity index (χ1v) is 6.79. The zero-order chi connectivity index (χ0) is 11.7. The Labute approximate surface area is 104 Å². The van der Waals surface area contributed by atoms with Crippen LogP contribution in [0.15, 0.2) is 24.3 Å². The van der Waals surface area contributed by atoms with E-state index in [1.807, 2.05) is 0 Å². The van der Waals surface area contributed by atoms with Gasteiger partial charge in [0.2, 0.25) is 0 Å². The molecule has 1 atom stereocenters. The highest BCUT2D eigenvalue weighted by Gasteiger charge is 2.31. The highest BCUT2D eigenvalue weighted by molar-refractivity contribution is 5.29. The third-order valence-corrected chi connectivity index (χ3v) is 4.24. The van der Waals surface area contributed by atoms with E-state index in [1.54, 1.807) is 5.56 Å². The standard InChI is InChI=1S/C15H22N2/c1-15(8-4-9-16-15)12-17-10-7-13-5-2-3-6-14(13)11-17/h2-3,5-6,16H,4,7-12H2,1H3. The molecule has 1 unspecified atom stereocenters. The van der Waals surface area contributed by atoms with Crippen molar-refractivity contribution < 1.29 is 0 Å². The van der Waals surface area contributed by atoms with Crippen molar-refractivity contribution in [3.63, 3.8) is 0 Å². The molecular weight excluding hydrogens is 208 g/mol. The van der Waals surface area contributed by atoms with Crippen LogP contribution in [-0.4, -0.2) is 30.1 Å². The Morgan fingerprint density at radius 1 is 1.29 bits per heavy atom. The molecule has 1 fully saturated rings.